The van der Waals surface area contributed by atoms with Crippen LogP contribution in [-0.2, 0) is 10.0 Å². The minimum atomic E-state index is -3.44. The number of pyridine rings is 1. The molecule has 0 atom stereocenters. The van der Waals surface area contributed by atoms with Gasteiger partial charge in [0.2, 0.25) is 10.0 Å². The van der Waals surface area contributed by atoms with Gasteiger partial charge in [-0.3, -0.25) is 4.98 Å². The second kappa shape index (κ2) is 5.01. The molecule has 5 nitrogen and oxygen atoms in total. The molecule has 0 saturated heterocycles. The Kier molecular flexibility index (Phi) is 3.63. The first-order valence-corrected chi connectivity index (χ1v) is 7.29. The van der Waals surface area contributed by atoms with E-state index in [1.807, 2.05) is 6.92 Å². The number of aromatic nitrogens is 1. The van der Waals surface area contributed by atoms with Crippen molar-refractivity contribution in [3.8, 4) is 0 Å². The molecule has 6 heteroatoms. The van der Waals surface area contributed by atoms with Crippen molar-refractivity contribution in [1.82, 2.24) is 9.71 Å². The molecule has 1 heterocycles. The largest absolute Gasteiger partial charge is 0.384 e. The van der Waals surface area contributed by atoms with Gasteiger partial charge in [-0.1, -0.05) is 0 Å². The number of sulfonamides is 1. The van der Waals surface area contributed by atoms with Gasteiger partial charge in [0, 0.05) is 25.5 Å². The van der Waals surface area contributed by atoms with E-state index in [2.05, 4.69) is 15.0 Å². The molecule has 0 unspecified atom stereocenters. The van der Waals surface area contributed by atoms with Crippen LogP contribution in [0.4, 0.5) is 5.69 Å². The highest BCUT2D eigenvalue weighted by atomic mass is 32.2. The molecule has 0 bridgehead atoms. The van der Waals surface area contributed by atoms with Crippen molar-refractivity contribution in [3.63, 3.8) is 0 Å². The molecule has 2 N–H and O–H groups in total. The first-order valence-electron chi connectivity index (χ1n) is 5.81. The lowest BCUT2D eigenvalue weighted by Crippen LogP contribution is -2.26. The minimum absolute atomic E-state index is 0.225. The highest BCUT2D eigenvalue weighted by Crippen LogP contribution is 2.28. The van der Waals surface area contributed by atoms with Crippen molar-refractivity contribution in [1.29, 1.82) is 0 Å². The van der Waals surface area contributed by atoms with Gasteiger partial charge in [0.05, 0.1) is 5.69 Å². The van der Waals surface area contributed by atoms with E-state index in [0.717, 1.165) is 12.8 Å². The Labute approximate surface area is 102 Å². The predicted octanol–water partition coefficient (Wildman–Crippen LogP) is 1.20. The average molecular weight is 255 g/mol. The number of nitrogens with one attached hydrogen (secondary N) is 2. The smallest absolute Gasteiger partial charge is 0.244 e. The molecule has 0 amide bonds. The van der Waals surface area contributed by atoms with Crippen LogP contribution in [0.3, 0.4) is 0 Å². The summed E-state index contributed by atoms with van der Waals surface area (Å²) in [6.45, 7) is 3.13. The van der Waals surface area contributed by atoms with Crippen LogP contribution in [0, 0.1) is 5.92 Å². The molecule has 1 aromatic rings. The number of anilines is 1. The monoisotopic (exact) mass is 255 g/mol. The fourth-order valence-corrected chi connectivity index (χ4v) is 2.80. The standard InChI is InChI=1S/C11H17N3O2S/c1-2-13-10-5-6-12-8-11(10)17(15,16)14-7-9-3-4-9/h5-6,8-9,14H,2-4,7H2,1H3,(H,12,13). The molecule has 2 rings (SSSR count). The van der Waals surface area contributed by atoms with E-state index in [1.54, 1.807) is 12.3 Å². The zero-order chi connectivity index (χ0) is 12.3. The fourth-order valence-electron chi connectivity index (χ4n) is 1.56. The summed E-state index contributed by atoms with van der Waals surface area (Å²) in [6, 6.07) is 1.68. The first kappa shape index (κ1) is 12.3. The molecule has 1 aliphatic rings. The van der Waals surface area contributed by atoms with E-state index in [-0.39, 0.29) is 4.90 Å². The van der Waals surface area contributed by atoms with Gasteiger partial charge in [-0.2, -0.15) is 0 Å². The zero-order valence-corrected chi connectivity index (χ0v) is 10.6. The van der Waals surface area contributed by atoms with Crippen molar-refractivity contribution in [2.45, 2.75) is 24.7 Å². The molecule has 1 aliphatic carbocycles. The molecule has 0 spiro atoms. The van der Waals surface area contributed by atoms with Crippen molar-refractivity contribution in [2.75, 3.05) is 18.4 Å². The van der Waals surface area contributed by atoms with Crippen LogP contribution in [0.25, 0.3) is 0 Å². The number of rotatable bonds is 6. The van der Waals surface area contributed by atoms with Crippen LogP contribution in [0.5, 0.6) is 0 Å². The highest BCUT2D eigenvalue weighted by molar-refractivity contribution is 7.89. The summed E-state index contributed by atoms with van der Waals surface area (Å²) in [5.41, 5.74) is 0.603. The third-order valence-electron chi connectivity index (χ3n) is 2.70. The average Bonchev–Trinajstić information content (AvgIpc) is 3.11. The molecule has 1 saturated carbocycles. The Morgan fingerprint density at radius 1 is 1.47 bits per heavy atom. The van der Waals surface area contributed by atoms with Gasteiger partial charge in [0.25, 0.3) is 0 Å². The lowest BCUT2D eigenvalue weighted by molar-refractivity contribution is 0.577. The lowest BCUT2D eigenvalue weighted by Gasteiger charge is -2.11. The van der Waals surface area contributed by atoms with E-state index >= 15 is 0 Å². The normalized spacial score (nSPS) is 15.8. The Balaban J connectivity index is 2.18. The van der Waals surface area contributed by atoms with E-state index < -0.39 is 10.0 Å². The molecule has 0 radical (unpaired) electrons. The van der Waals surface area contributed by atoms with Crippen molar-refractivity contribution >= 4 is 15.7 Å². The third-order valence-corrected chi connectivity index (χ3v) is 4.15. The van der Waals surface area contributed by atoms with Crippen molar-refractivity contribution in [3.05, 3.63) is 18.5 Å². The van der Waals surface area contributed by atoms with Gasteiger partial charge < -0.3 is 5.32 Å². The summed E-state index contributed by atoms with van der Waals surface area (Å²) in [5, 5.41) is 3.03. The zero-order valence-electron chi connectivity index (χ0n) is 9.81. The predicted molar refractivity (Wildman–Crippen MR) is 66.3 cm³/mol. The Morgan fingerprint density at radius 3 is 2.88 bits per heavy atom. The molecule has 94 valence electrons. The van der Waals surface area contributed by atoms with Crippen LogP contribution in [-0.4, -0.2) is 26.5 Å². The Morgan fingerprint density at radius 2 is 2.24 bits per heavy atom. The van der Waals surface area contributed by atoms with Gasteiger partial charge >= 0.3 is 0 Å². The maximum Gasteiger partial charge on any atom is 0.244 e. The highest BCUT2D eigenvalue weighted by Gasteiger charge is 2.25. The number of hydrogen-bond donors (Lipinski definition) is 2. The first-order chi connectivity index (χ1) is 8.13. The van der Waals surface area contributed by atoms with Gasteiger partial charge in [-0.15, -0.1) is 0 Å². The molecule has 17 heavy (non-hydrogen) atoms. The summed E-state index contributed by atoms with van der Waals surface area (Å²) in [6.07, 6.45) is 5.20. The van der Waals surface area contributed by atoms with Crippen LogP contribution in [0.15, 0.2) is 23.4 Å². The summed E-state index contributed by atoms with van der Waals surface area (Å²) in [5.74, 6) is 0.518. The quantitative estimate of drug-likeness (QED) is 0.801. The second-order valence-corrected chi connectivity index (χ2v) is 5.93. The van der Waals surface area contributed by atoms with Crippen LogP contribution < -0.4 is 10.0 Å². The third kappa shape index (κ3) is 3.17. The summed E-state index contributed by atoms with van der Waals surface area (Å²) in [7, 11) is -3.44. The molecule has 0 aromatic carbocycles. The molecule has 0 aliphatic heterocycles. The number of hydrogen-bond acceptors (Lipinski definition) is 4. The molecule has 1 aromatic heterocycles. The van der Waals surface area contributed by atoms with E-state index in [4.69, 9.17) is 0 Å². The second-order valence-electron chi connectivity index (χ2n) is 4.20. The van der Waals surface area contributed by atoms with Crippen LogP contribution in [0.2, 0.25) is 0 Å². The summed E-state index contributed by atoms with van der Waals surface area (Å²) < 4.78 is 26.8. The topological polar surface area (TPSA) is 71.1 Å². The Hall–Kier alpha value is -1.14. The van der Waals surface area contributed by atoms with Gasteiger partial charge in [-0.05, 0) is 31.7 Å². The van der Waals surface area contributed by atoms with Crippen molar-refractivity contribution in [2.24, 2.45) is 5.92 Å². The van der Waals surface area contributed by atoms with E-state index in [9.17, 15) is 8.42 Å². The van der Waals surface area contributed by atoms with Crippen LogP contribution in [0.1, 0.15) is 19.8 Å². The van der Waals surface area contributed by atoms with Gasteiger partial charge in [0.1, 0.15) is 4.90 Å². The lowest BCUT2D eigenvalue weighted by atomic mass is 10.4. The van der Waals surface area contributed by atoms with Crippen LogP contribution >= 0.6 is 0 Å². The fraction of sp³-hybridized carbons (Fsp3) is 0.545. The minimum Gasteiger partial charge on any atom is -0.384 e. The Bertz CT molecular complexity index is 483. The van der Waals surface area contributed by atoms with Gasteiger partial charge in [0.15, 0.2) is 0 Å². The van der Waals surface area contributed by atoms with E-state index in [0.29, 0.717) is 24.7 Å². The maximum absolute atomic E-state index is 12.1. The van der Waals surface area contributed by atoms with E-state index in [1.165, 1.54) is 6.20 Å². The molecule has 1 fully saturated rings. The summed E-state index contributed by atoms with van der Waals surface area (Å²) >= 11 is 0. The van der Waals surface area contributed by atoms with Crippen molar-refractivity contribution < 1.29 is 8.42 Å². The maximum atomic E-state index is 12.1. The number of nitrogens with zero attached hydrogens (tertiary/aromatic N) is 1. The SMILES string of the molecule is CCNc1ccncc1S(=O)(=O)NCC1CC1. The molecular weight excluding hydrogens is 238 g/mol. The molecular formula is C11H17N3O2S. The van der Waals surface area contributed by atoms with Gasteiger partial charge in [-0.25, -0.2) is 13.1 Å². The summed E-state index contributed by atoms with van der Waals surface area (Å²) in [4.78, 5) is 4.10.